The number of fused-ring (bicyclic) bond motifs is 3. The van der Waals surface area contributed by atoms with E-state index in [1.165, 1.54) is 35.0 Å². The second kappa shape index (κ2) is 5.48. The summed E-state index contributed by atoms with van der Waals surface area (Å²) in [4.78, 5) is 9.44. The van der Waals surface area contributed by atoms with E-state index in [-0.39, 0.29) is 0 Å². The highest BCUT2D eigenvalue weighted by Gasteiger charge is 2.27. The number of aromatic nitrogens is 3. The highest BCUT2D eigenvalue weighted by molar-refractivity contribution is 5.98. The molecular weight excluding hydrogens is 282 g/mol. The molecule has 0 bridgehead atoms. The summed E-state index contributed by atoms with van der Waals surface area (Å²) in [6.45, 7) is 7.49. The minimum atomic E-state index is 0.781. The summed E-state index contributed by atoms with van der Waals surface area (Å²) < 4.78 is 2.45. The Morgan fingerprint density at radius 3 is 2.65 bits per heavy atom. The van der Waals surface area contributed by atoms with Crippen molar-refractivity contribution in [2.45, 2.75) is 46.6 Å². The van der Waals surface area contributed by atoms with Gasteiger partial charge in [0.25, 0.3) is 0 Å². The van der Waals surface area contributed by atoms with Gasteiger partial charge in [-0.1, -0.05) is 43.7 Å². The van der Waals surface area contributed by atoms with Crippen LogP contribution in [0.25, 0.3) is 22.2 Å². The van der Waals surface area contributed by atoms with E-state index in [1.807, 2.05) is 6.92 Å². The lowest BCUT2D eigenvalue weighted by atomic mass is 9.90. The van der Waals surface area contributed by atoms with Crippen LogP contribution in [0.5, 0.6) is 0 Å². The van der Waals surface area contributed by atoms with Gasteiger partial charge in [0.1, 0.15) is 11.5 Å². The van der Waals surface area contributed by atoms with Gasteiger partial charge in [-0.3, -0.25) is 0 Å². The molecule has 0 spiro atoms. The van der Waals surface area contributed by atoms with Crippen LogP contribution in [0.4, 0.5) is 0 Å². The van der Waals surface area contributed by atoms with Crippen molar-refractivity contribution in [3.63, 3.8) is 0 Å². The van der Waals surface area contributed by atoms with Gasteiger partial charge in [-0.25, -0.2) is 9.97 Å². The Morgan fingerprint density at radius 2 is 1.91 bits per heavy atom. The average Bonchev–Trinajstić information content (AvgIpc) is 2.89. The normalized spacial score (nSPS) is 17.4. The third kappa shape index (κ3) is 2.26. The third-order valence-electron chi connectivity index (χ3n) is 5.19. The fourth-order valence-corrected chi connectivity index (χ4v) is 3.99. The molecule has 3 aromatic rings. The molecule has 118 valence electrons. The molecule has 0 fully saturated rings. The number of rotatable bonds is 2. The molecule has 3 heterocycles. The summed E-state index contributed by atoms with van der Waals surface area (Å²) in [5, 5.41) is 1.24. The van der Waals surface area contributed by atoms with Crippen molar-refractivity contribution in [2.75, 3.05) is 0 Å². The highest BCUT2D eigenvalue weighted by atomic mass is 15.1. The molecule has 0 N–H and O–H groups in total. The molecule has 0 radical (unpaired) electrons. The first-order valence-corrected chi connectivity index (χ1v) is 8.60. The minimum absolute atomic E-state index is 0.781. The van der Waals surface area contributed by atoms with Gasteiger partial charge in [0, 0.05) is 23.2 Å². The van der Waals surface area contributed by atoms with Crippen LogP contribution in [0.3, 0.4) is 0 Å². The fraction of sp³-hybridized carbons (Fsp3) is 0.400. The Balaban J connectivity index is 2.07. The average molecular weight is 305 g/mol. The van der Waals surface area contributed by atoms with Crippen molar-refractivity contribution in [2.24, 2.45) is 5.92 Å². The lowest BCUT2D eigenvalue weighted by Crippen LogP contribution is -2.19. The predicted molar refractivity (Wildman–Crippen MR) is 94.5 cm³/mol. The fourth-order valence-electron chi connectivity index (χ4n) is 3.99. The zero-order chi connectivity index (χ0) is 16.0. The van der Waals surface area contributed by atoms with E-state index in [0.717, 1.165) is 36.0 Å². The zero-order valence-corrected chi connectivity index (χ0v) is 14.1. The van der Waals surface area contributed by atoms with Gasteiger partial charge < -0.3 is 4.57 Å². The van der Waals surface area contributed by atoms with Crippen molar-refractivity contribution < 1.29 is 0 Å². The molecule has 1 aliphatic rings. The Kier molecular flexibility index (Phi) is 3.44. The first-order valence-electron chi connectivity index (χ1n) is 8.60. The molecule has 3 nitrogen and oxygen atoms in total. The van der Waals surface area contributed by atoms with Crippen molar-refractivity contribution >= 4 is 11.0 Å². The lowest BCUT2D eigenvalue weighted by Gasteiger charge is -2.24. The second-order valence-electron chi connectivity index (χ2n) is 6.66. The molecule has 0 aliphatic carbocycles. The van der Waals surface area contributed by atoms with Crippen LogP contribution in [-0.4, -0.2) is 14.5 Å². The van der Waals surface area contributed by atoms with E-state index >= 15 is 0 Å². The summed E-state index contributed by atoms with van der Waals surface area (Å²) in [6, 6.07) is 10.7. The van der Waals surface area contributed by atoms with Gasteiger partial charge in [-0.05, 0) is 38.2 Å². The molecule has 1 unspecified atom stereocenters. The molecule has 3 heteroatoms. The quantitative estimate of drug-likeness (QED) is 0.688. The van der Waals surface area contributed by atoms with Crippen molar-refractivity contribution in [1.29, 1.82) is 0 Å². The van der Waals surface area contributed by atoms with Gasteiger partial charge in [0.2, 0.25) is 0 Å². The highest BCUT2D eigenvalue weighted by Crippen LogP contribution is 2.40. The third-order valence-corrected chi connectivity index (χ3v) is 5.19. The second-order valence-corrected chi connectivity index (χ2v) is 6.66. The Hall–Kier alpha value is -2.16. The standard InChI is InChI=1S/C20H23N3/c1-4-15-10-11-23-17(12-15)19(16-8-6-5-7-9-16)18-13(2)21-14(3)22-20(18)23/h5-9,15H,4,10-12H2,1-3H3. The van der Waals surface area contributed by atoms with Gasteiger partial charge >= 0.3 is 0 Å². The monoisotopic (exact) mass is 305 g/mol. The van der Waals surface area contributed by atoms with E-state index in [0.29, 0.717) is 0 Å². The number of nitrogens with zero attached hydrogens (tertiary/aromatic N) is 3. The molecule has 4 rings (SSSR count). The maximum Gasteiger partial charge on any atom is 0.144 e. The first-order chi connectivity index (χ1) is 11.2. The molecule has 1 atom stereocenters. The smallest absolute Gasteiger partial charge is 0.144 e. The molecular formula is C20H23N3. The summed E-state index contributed by atoms with van der Waals surface area (Å²) in [5.41, 5.74) is 6.32. The van der Waals surface area contributed by atoms with Gasteiger partial charge in [0.05, 0.1) is 5.69 Å². The van der Waals surface area contributed by atoms with Crippen molar-refractivity contribution in [3.05, 3.63) is 47.5 Å². The SMILES string of the molecule is CCC1CCn2c(c(-c3ccccc3)c3c(C)nc(C)nc32)C1. The van der Waals surface area contributed by atoms with Crippen LogP contribution >= 0.6 is 0 Å². The lowest BCUT2D eigenvalue weighted by molar-refractivity contribution is 0.384. The molecule has 0 saturated carbocycles. The van der Waals surface area contributed by atoms with E-state index in [1.54, 1.807) is 0 Å². The molecule has 1 aliphatic heterocycles. The van der Waals surface area contributed by atoms with E-state index in [9.17, 15) is 0 Å². The molecule has 23 heavy (non-hydrogen) atoms. The van der Waals surface area contributed by atoms with Crippen LogP contribution < -0.4 is 0 Å². The number of hydrogen-bond donors (Lipinski definition) is 0. The van der Waals surface area contributed by atoms with Crippen molar-refractivity contribution in [1.82, 2.24) is 14.5 Å². The maximum atomic E-state index is 4.80. The summed E-state index contributed by atoms with van der Waals surface area (Å²) in [7, 11) is 0. The first kappa shape index (κ1) is 14.4. The Morgan fingerprint density at radius 1 is 1.13 bits per heavy atom. The largest absolute Gasteiger partial charge is 0.329 e. The minimum Gasteiger partial charge on any atom is -0.329 e. The van der Waals surface area contributed by atoms with Crippen LogP contribution in [0, 0.1) is 19.8 Å². The van der Waals surface area contributed by atoms with Crippen LogP contribution in [0.15, 0.2) is 30.3 Å². The summed E-state index contributed by atoms with van der Waals surface area (Å²) >= 11 is 0. The Labute approximate surface area is 137 Å². The molecule has 0 amide bonds. The van der Waals surface area contributed by atoms with E-state index in [2.05, 4.69) is 53.7 Å². The van der Waals surface area contributed by atoms with Gasteiger partial charge in [0.15, 0.2) is 0 Å². The number of aryl methyl sites for hydroxylation is 3. The van der Waals surface area contributed by atoms with Gasteiger partial charge in [-0.2, -0.15) is 0 Å². The number of hydrogen-bond acceptors (Lipinski definition) is 2. The Bertz CT molecular complexity index is 862. The van der Waals surface area contributed by atoms with Crippen LogP contribution in [0.1, 0.15) is 37.0 Å². The van der Waals surface area contributed by atoms with Gasteiger partial charge in [-0.15, -0.1) is 0 Å². The number of benzene rings is 1. The molecule has 1 aromatic carbocycles. The van der Waals surface area contributed by atoms with E-state index < -0.39 is 0 Å². The molecule has 2 aromatic heterocycles. The molecule has 0 saturated heterocycles. The predicted octanol–water partition coefficient (Wildman–Crippen LogP) is 4.69. The zero-order valence-electron chi connectivity index (χ0n) is 14.1. The summed E-state index contributed by atoms with van der Waals surface area (Å²) in [6.07, 6.45) is 3.65. The van der Waals surface area contributed by atoms with Crippen molar-refractivity contribution in [3.8, 4) is 11.1 Å². The van der Waals surface area contributed by atoms with E-state index in [4.69, 9.17) is 4.98 Å². The van der Waals surface area contributed by atoms with Crippen LogP contribution in [-0.2, 0) is 13.0 Å². The topological polar surface area (TPSA) is 30.7 Å². The summed E-state index contributed by atoms with van der Waals surface area (Å²) in [5.74, 6) is 1.65. The maximum absolute atomic E-state index is 4.80. The van der Waals surface area contributed by atoms with Crippen LogP contribution in [0.2, 0.25) is 0 Å².